The van der Waals surface area contributed by atoms with Crippen LogP contribution < -0.4 is 5.56 Å². The fourth-order valence-electron chi connectivity index (χ4n) is 5.63. The molecule has 0 N–H and O–H groups in total. The van der Waals surface area contributed by atoms with Gasteiger partial charge in [0.2, 0.25) is 0 Å². The van der Waals surface area contributed by atoms with Crippen LogP contribution in [0.1, 0.15) is 47.6 Å². The van der Waals surface area contributed by atoms with Crippen LogP contribution in [0.3, 0.4) is 0 Å². The van der Waals surface area contributed by atoms with Crippen LogP contribution in [0.15, 0.2) is 41.2 Å². The molecule has 0 unspecified atom stereocenters. The topological polar surface area (TPSA) is 28.5 Å². The predicted molar refractivity (Wildman–Crippen MR) is 113 cm³/mol. The molecule has 166 valence electrons. The van der Waals surface area contributed by atoms with Gasteiger partial charge in [-0.2, -0.15) is 13.2 Å². The Morgan fingerprint density at radius 3 is 2.52 bits per heavy atom. The number of hydrogen-bond acceptors (Lipinski definition) is 3. The van der Waals surface area contributed by atoms with Crippen molar-refractivity contribution in [2.24, 2.45) is 5.92 Å². The molecule has 2 atom stereocenters. The van der Waals surface area contributed by atoms with E-state index >= 15 is 0 Å². The minimum Gasteiger partial charge on any atom is -0.312 e. The summed E-state index contributed by atoms with van der Waals surface area (Å²) in [5.41, 5.74) is 2.20. The molecule has 2 fully saturated rings. The summed E-state index contributed by atoms with van der Waals surface area (Å²) in [5, 5.41) is 0. The highest BCUT2D eigenvalue weighted by molar-refractivity contribution is 5.26. The fraction of sp³-hybridized carbons (Fsp3) is 0.542. The molecule has 2 bridgehead atoms. The second-order valence-electron chi connectivity index (χ2n) is 9.37. The molecule has 0 radical (unpaired) electrons. The number of fused-ring (bicyclic) bond motifs is 4. The van der Waals surface area contributed by atoms with Crippen molar-refractivity contribution in [3.8, 4) is 0 Å². The Hall–Kier alpha value is -2.12. The summed E-state index contributed by atoms with van der Waals surface area (Å²) in [6.07, 6.45) is -0.860. The number of benzene rings is 1. The zero-order valence-electron chi connectivity index (χ0n) is 17.6. The summed E-state index contributed by atoms with van der Waals surface area (Å²) in [7, 11) is 0. The van der Waals surface area contributed by atoms with Crippen molar-refractivity contribution in [2.75, 3.05) is 26.2 Å². The van der Waals surface area contributed by atoms with Gasteiger partial charge in [0.05, 0.1) is 5.56 Å². The summed E-state index contributed by atoms with van der Waals surface area (Å²) in [6.45, 7) is 5.67. The summed E-state index contributed by atoms with van der Waals surface area (Å²) in [4.78, 5) is 17.8. The minimum absolute atomic E-state index is 0.144. The van der Waals surface area contributed by atoms with Gasteiger partial charge in [-0.15, -0.1) is 0 Å². The van der Waals surface area contributed by atoms with Crippen molar-refractivity contribution < 1.29 is 13.2 Å². The molecule has 4 nitrogen and oxygen atoms in total. The first-order valence-electron chi connectivity index (χ1n) is 11.2. The Bertz CT molecular complexity index is 1010. The number of alkyl halides is 3. The second-order valence-corrected chi connectivity index (χ2v) is 9.37. The van der Waals surface area contributed by atoms with Crippen LogP contribution in [0.2, 0.25) is 0 Å². The van der Waals surface area contributed by atoms with Crippen LogP contribution in [0.5, 0.6) is 0 Å². The van der Waals surface area contributed by atoms with Gasteiger partial charge in [0, 0.05) is 49.9 Å². The number of rotatable bonds is 4. The number of nitrogens with zero attached hydrogens (tertiary/aromatic N) is 3. The zero-order chi connectivity index (χ0) is 21.6. The Morgan fingerprint density at radius 2 is 1.74 bits per heavy atom. The van der Waals surface area contributed by atoms with E-state index in [0.717, 1.165) is 56.5 Å². The van der Waals surface area contributed by atoms with Gasteiger partial charge in [0.25, 0.3) is 5.56 Å². The maximum Gasteiger partial charge on any atom is 0.416 e. The number of hydrogen-bond donors (Lipinski definition) is 0. The molecule has 0 aliphatic carbocycles. The maximum atomic E-state index is 13.2. The number of halogens is 3. The molecule has 1 aromatic heterocycles. The first-order chi connectivity index (χ1) is 14.9. The monoisotopic (exact) mass is 431 g/mol. The molecule has 7 heteroatoms. The van der Waals surface area contributed by atoms with Gasteiger partial charge >= 0.3 is 6.18 Å². The molecule has 3 aliphatic rings. The van der Waals surface area contributed by atoms with Crippen molar-refractivity contribution in [1.29, 1.82) is 0 Å². The van der Waals surface area contributed by atoms with Crippen molar-refractivity contribution in [1.82, 2.24) is 14.4 Å². The van der Waals surface area contributed by atoms with Gasteiger partial charge < -0.3 is 4.57 Å². The lowest BCUT2D eigenvalue weighted by Crippen LogP contribution is -2.47. The Morgan fingerprint density at radius 1 is 0.935 bits per heavy atom. The van der Waals surface area contributed by atoms with Crippen LogP contribution in [-0.2, 0) is 25.8 Å². The Balaban J connectivity index is 1.33. The standard InChI is InChI=1S/C24H28F3N3O/c25-24(26,27)21-5-3-4-17(11-21)12-29-13-18-10-20(16-29)22-7-6-19(23(31)30(22)14-18)15-28-8-1-2-9-28/h3-7,11,18,20H,1-2,8-10,12-16H2/t18-,20+/m0/s1. The van der Waals surface area contributed by atoms with E-state index in [-0.39, 0.29) is 11.5 Å². The number of aromatic nitrogens is 1. The average molecular weight is 432 g/mol. The van der Waals surface area contributed by atoms with E-state index in [0.29, 0.717) is 24.6 Å². The molecule has 0 spiro atoms. The molecule has 5 rings (SSSR count). The van der Waals surface area contributed by atoms with Gasteiger partial charge in [-0.3, -0.25) is 14.6 Å². The highest BCUT2D eigenvalue weighted by Gasteiger charge is 2.35. The lowest BCUT2D eigenvalue weighted by atomic mass is 9.82. The molecule has 2 saturated heterocycles. The van der Waals surface area contributed by atoms with E-state index < -0.39 is 11.7 Å². The molecule has 4 heterocycles. The maximum absolute atomic E-state index is 13.2. The third kappa shape index (κ3) is 4.30. The summed E-state index contributed by atoms with van der Waals surface area (Å²) >= 11 is 0. The van der Waals surface area contributed by atoms with Gasteiger partial charge in [-0.1, -0.05) is 24.3 Å². The molecule has 2 aromatic rings. The normalized spacial score (nSPS) is 24.4. The van der Waals surface area contributed by atoms with Crippen molar-refractivity contribution >= 4 is 0 Å². The van der Waals surface area contributed by atoms with Gasteiger partial charge in [-0.05, 0) is 56.0 Å². The largest absolute Gasteiger partial charge is 0.416 e. The van der Waals surface area contributed by atoms with E-state index in [1.165, 1.54) is 25.0 Å². The van der Waals surface area contributed by atoms with Crippen LogP contribution in [-0.4, -0.2) is 40.5 Å². The first kappa shape index (κ1) is 20.8. The van der Waals surface area contributed by atoms with E-state index in [4.69, 9.17) is 0 Å². The fourth-order valence-corrected chi connectivity index (χ4v) is 5.63. The summed E-state index contributed by atoms with van der Waals surface area (Å²) in [6, 6.07) is 9.74. The lowest BCUT2D eigenvalue weighted by Gasteiger charge is -2.43. The minimum atomic E-state index is -4.32. The van der Waals surface area contributed by atoms with Crippen molar-refractivity contribution in [3.05, 3.63) is 69.1 Å². The molecule has 3 aliphatic heterocycles. The van der Waals surface area contributed by atoms with Crippen LogP contribution >= 0.6 is 0 Å². The lowest BCUT2D eigenvalue weighted by molar-refractivity contribution is -0.137. The predicted octanol–water partition coefficient (Wildman–Crippen LogP) is 4.08. The van der Waals surface area contributed by atoms with Crippen molar-refractivity contribution in [2.45, 2.75) is 51.0 Å². The quantitative estimate of drug-likeness (QED) is 0.730. The molecular weight excluding hydrogens is 403 g/mol. The zero-order valence-corrected chi connectivity index (χ0v) is 17.6. The van der Waals surface area contributed by atoms with Crippen LogP contribution in [0.25, 0.3) is 0 Å². The molecule has 1 aromatic carbocycles. The highest BCUT2D eigenvalue weighted by Crippen LogP contribution is 2.36. The molecule has 0 saturated carbocycles. The van der Waals surface area contributed by atoms with Crippen molar-refractivity contribution in [3.63, 3.8) is 0 Å². The average Bonchev–Trinajstić information content (AvgIpc) is 3.23. The second kappa shape index (κ2) is 8.10. The molecule has 31 heavy (non-hydrogen) atoms. The van der Waals surface area contributed by atoms with E-state index in [1.54, 1.807) is 6.07 Å². The first-order valence-corrected chi connectivity index (χ1v) is 11.2. The Labute approximate surface area is 180 Å². The number of pyridine rings is 1. The van der Waals surface area contributed by atoms with Crippen LogP contribution in [0, 0.1) is 5.92 Å². The van der Waals surface area contributed by atoms with Crippen LogP contribution in [0.4, 0.5) is 13.2 Å². The molecular formula is C24H28F3N3O. The summed E-state index contributed by atoms with van der Waals surface area (Å²) in [5.74, 6) is 0.614. The molecule has 0 amide bonds. The third-order valence-corrected chi connectivity index (χ3v) is 7.01. The third-order valence-electron chi connectivity index (χ3n) is 7.01. The smallest absolute Gasteiger partial charge is 0.312 e. The SMILES string of the molecule is O=c1c(CN2CCCC2)ccc2n1C[C@H]1C[C@@H]2CN(Cc2cccc(C(F)(F)F)c2)C1. The highest BCUT2D eigenvalue weighted by atomic mass is 19.4. The summed E-state index contributed by atoms with van der Waals surface area (Å²) < 4.78 is 41.1. The Kier molecular flexibility index (Phi) is 5.42. The van der Waals surface area contributed by atoms with Gasteiger partial charge in [-0.25, -0.2) is 0 Å². The van der Waals surface area contributed by atoms with Gasteiger partial charge in [0.1, 0.15) is 0 Å². The van der Waals surface area contributed by atoms with E-state index in [1.807, 2.05) is 10.6 Å². The van der Waals surface area contributed by atoms with E-state index in [2.05, 4.69) is 15.9 Å². The number of piperidine rings is 1. The van der Waals surface area contributed by atoms with Gasteiger partial charge in [0.15, 0.2) is 0 Å². The number of likely N-dealkylation sites (tertiary alicyclic amines) is 2. The van der Waals surface area contributed by atoms with E-state index in [9.17, 15) is 18.0 Å².